The molecule has 0 aromatic carbocycles. The summed E-state index contributed by atoms with van der Waals surface area (Å²) in [7, 11) is 0. The molecule has 1 fully saturated rings. The van der Waals surface area contributed by atoms with Crippen LogP contribution in [0.3, 0.4) is 0 Å². The molecule has 0 saturated carbocycles. The predicted octanol–water partition coefficient (Wildman–Crippen LogP) is 5.52. The number of carbonyl (C=O) groups excluding carboxylic acids is 2. The van der Waals surface area contributed by atoms with Crippen molar-refractivity contribution in [1.82, 2.24) is 0 Å². The summed E-state index contributed by atoms with van der Waals surface area (Å²) in [4.78, 5) is 23.4. The number of esters is 2. The van der Waals surface area contributed by atoms with Gasteiger partial charge in [0.2, 0.25) is 0 Å². The zero-order valence-electron chi connectivity index (χ0n) is 15.8. The quantitative estimate of drug-likeness (QED) is 0.371. The molecule has 1 aliphatic rings. The summed E-state index contributed by atoms with van der Waals surface area (Å²) < 4.78 is 4.79. The van der Waals surface area contributed by atoms with Crippen LogP contribution >= 0.6 is 0 Å². The first kappa shape index (κ1) is 20.2. The Morgan fingerprint density at radius 3 is 1.91 bits per heavy atom. The molecule has 1 heterocycles. The zero-order valence-corrected chi connectivity index (χ0v) is 15.8. The van der Waals surface area contributed by atoms with Crippen LogP contribution in [0.5, 0.6) is 0 Å². The highest BCUT2D eigenvalue weighted by molar-refractivity contribution is 5.94. The van der Waals surface area contributed by atoms with E-state index < -0.39 is 0 Å². The van der Waals surface area contributed by atoms with E-state index in [0.717, 1.165) is 25.7 Å². The van der Waals surface area contributed by atoms with Gasteiger partial charge < -0.3 is 4.74 Å². The Labute approximate surface area is 142 Å². The number of hydrogen-bond acceptors (Lipinski definition) is 3. The van der Waals surface area contributed by atoms with Crippen molar-refractivity contribution >= 4 is 11.9 Å². The van der Waals surface area contributed by atoms with Crippen LogP contribution in [0.25, 0.3) is 0 Å². The molecule has 3 nitrogen and oxygen atoms in total. The smallest absolute Gasteiger partial charge is 0.317 e. The highest BCUT2D eigenvalue weighted by Gasteiger charge is 2.41. The van der Waals surface area contributed by atoms with Gasteiger partial charge in [0.25, 0.3) is 0 Å². The van der Waals surface area contributed by atoms with E-state index in [0.29, 0.717) is 11.8 Å². The van der Waals surface area contributed by atoms with Crippen molar-refractivity contribution in [2.75, 3.05) is 0 Å². The SMILES string of the molecule is CCCC(C)CC(CC)(CC(C)CCC)CC1CC(=O)OC1=O. The molecule has 1 rings (SSSR count). The number of hydrogen-bond donors (Lipinski definition) is 0. The average molecular weight is 325 g/mol. The minimum absolute atomic E-state index is 0.164. The first-order chi connectivity index (χ1) is 10.9. The third-order valence-corrected chi connectivity index (χ3v) is 5.52. The molecule has 134 valence electrons. The minimum Gasteiger partial charge on any atom is -0.393 e. The Hall–Kier alpha value is -0.860. The van der Waals surface area contributed by atoms with E-state index >= 15 is 0 Å². The van der Waals surface area contributed by atoms with Gasteiger partial charge in [-0.1, -0.05) is 66.7 Å². The lowest BCUT2D eigenvalue weighted by atomic mass is 9.66. The zero-order chi connectivity index (χ0) is 17.5. The van der Waals surface area contributed by atoms with Gasteiger partial charge in [-0.25, -0.2) is 0 Å². The molecule has 0 N–H and O–H groups in total. The van der Waals surface area contributed by atoms with E-state index in [9.17, 15) is 9.59 Å². The second kappa shape index (κ2) is 9.44. The Morgan fingerprint density at radius 1 is 1.04 bits per heavy atom. The van der Waals surface area contributed by atoms with Gasteiger partial charge in [0.1, 0.15) is 0 Å². The first-order valence-corrected chi connectivity index (χ1v) is 9.60. The maximum absolute atomic E-state index is 12.0. The Bertz CT molecular complexity index is 374. The Kier molecular flexibility index (Phi) is 8.28. The summed E-state index contributed by atoms with van der Waals surface area (Å²) in [6.07, 6.45) is 9.36. The van der Waals surface area contributed by atoms with Crippen molar-refractivity contribution in [1.29, 1.82) is 0 Å². The molecular weight excluding hydrogens is 288 g/mol. The van der Waals surface area contributed by atoms with Crippen LogP contribution in [0.2, 0.25) is 0 Å². The van der Waals surface area contributed by atoms with Gasteiger partial charge in [-0.2, -0.15) is 0 Å². The molecular formula is C20H36O3. The van der Waals surface area contributed by atoms with Crippen LogP contribution in [0.1, 0.15) is 92.4 Å². The van der Waals surface area contributed by atoms with Crippen molar-refractivity contribution in [3.8, 4) is 0 Å². The fraction of sp³-hybridized carbons (Fsp3) is 0.900. The molecule has 0 aromatic heterocycles. The lowest BCUT2D eigenvalue weighted by molar-refractivity contribution is -0.153. The third-order valence-electron chi connectivity index (χ3n) is 5.52. The van der Waals surface area contributed by atoms with Crippen LogP contribution < -0.4 is 0 Å². The average Bonchev–Trinajstić information content (AvgIpc) is 2.76. The second-order valence-electron chi connectivity index (χ2n) is 7.95. The highest BCUT2D eigenvalue weighted by Crippen LogP contribution is 2.45. The molecule has 1 saturated heterocycles. The molecule has 0 aliphatic carbocycles. The second-order valence-corrected chi connectivity index (χ2v) is 7.95. The lowest BCUT2D eigenvalue weighted by Gasteiger charge is -2.39. The maximum atomic E-state index is 12.0. The van der Waals surface area contributed by atoms with Crippen molar-refractivity contribution in [3.05, 3.63) is 0 Å². The molecule has 0 aromatic rings. The third kappa shape index (κ3) is 6.27. The van der Waals surface area contributed by atoms with Gasteiger partial charge in [0.15, 0.2) is 0 Å². The summed E-state index contributed by atoms with van der Waals surface area (Å²) >= 11 is 0. The summed E-state index contributed by atoms with van der Waals surface area (Å²) in [6, 6.07) is 0. The van der Waals surface area contributed by atoms with E-state index in [1.807, 2.05) is 0 Å². The highest BCUT2D eigenvalue weighted by atomic mass is 16.6. The van der Waals surface area contributed by atoms with E-state index in [1.54, 1.807) is 0 Å². The van der Waals surface area contributed by atoms with Crippen molar-refractivity contribution in [2.24, 2.45) is 23.2 Å². The van der Waals surface area contributed by atoms with Crippen LogP contribution in [0.15, 0.2) is 0 Å². The number of carbonyl (C=O) groups is 2. The molecule has 0 spiro atoms. The molecule has 23 heavy (non-hydrogen) atoms. The maximum Gasteiger partial charge on any atom is 0.317 e. The lowest BCUT2D eigenvalue weighted by Crippen LogP contribution is -2.30. The molecule has 3 heteroatoms. The van der Waals surface area contributed by atoms with Gasteiger partial charge >= 0.3 is 11.9 Å². The van der Waals surface area contributed by atoms with Crippen LogP contribution in [0.4, 0.5) is 0 Å². The molecule has 3 unspecified atom stereocenters. The molecule has 0 bridgehead atoms. The van der Waals surface area contributed by atoms with Crippen LogP contribution in [-0.4, -0.2) is 11.9 Å². The molecule has 1 aliphatic heterocycles. The largest absolute Gasteiger partial charge is 0.393 e. The summed E-state index contributed by atoms with van der Waals surface area (Å²) in [5.74, 6) is 0.487. The van der Waals surface area contributed by atoms with Gasteiger partial charge in [-0.3, -0.25) is 9.59 Å². The van der Waals surface area contributed by atoms with Gasteiger partial charge in [-0.05, 0) is 36.5 Å². The summed E-state index contributed by atoms with van der Waals surface area (Å²) in [6.45, 7) is 11.4. The van der Waals surface area contributed by atoms with Gasteiger partial charge in [0.05, 0.1) is 12.3 Å². The van der Waals surface area contributed by atoms with Gasteiger partial charge in [-0.15, -0.1) is 0 Å². The number of ether oxygens (including phenoxy) is 1. The monoisotopic (exact) mass is 324 g/mol. The first-order valence-electron chi connectivity index (χ1n) is 9.60. The summed E-state index contributed by atoms with van der Waals surface area (Å²) in [5, 5.41) is 0. The molecule has 0 radical (unpaired) electrons. The fourth-order valence-electron chi connectivity index (χ4n) is 4.55. The van der Waals surface area contributed by atoms with E-state index in [2.05, 4.69) is 34.6 Å². The fourth-order valence-corrected chi connectivity index (χ4v) is 4.55. The Morgan fingerprint density at radius 2 is 1.57 bits per heavy atom. The van der Waals surface area contributed by atoms with E-state index in [-0.39, 0.29) is 29.7 Å². The van der Waals surface area contributed by atoms with E-state index in [1.165, 1.54) is 25.7 Å². The normalized spacial score (nSPS) is 23.4. The molecule has 3 atom stereocenters. The van der Waals surface area contributed by atoms with Crippen LogP contribution in [-0.2, 0) is 14.3 Å². The minimum atomic E-state index is -0.340. The van der Waals surface area contributed by atoms with Crippen molar-refractivity contribution in [2.45, 2.75) is 92.4 Å². The predicted molar refractivity (Wildman–Crippen MR) is 93.9 cm³/mol. The Balaban J connectivity index is 2.87. The standard InChI is InChI=1S/C20H36O3/c1-6-9-15(4)12-20(8-3,13-16(5)10-7-2)14-17-11-18(21)23-19(17)22/h15-17H,6-14H2,1-5H3. The number of cyclic esters (lactones) is 2. The van der Waals surface area contributed by atoms with Crippen molar-refractivity contribution < 1.29 is 14.3 Å². The van der Waals surface area contributed by atoms with Gasteiger partial charge in [0, 0.05) is 0 Å². The molecule has 0 amide bonds. The van der Waals surface area contributed by atoms with Crippen molar-refractivity contribution in [3.63, 3.8) is 0 Å². The topological polar surface area (TPSA) is 43.4 Å². The number of rotatable bonds is 11. The van der Waals surface area contributed by atoms with E-state index in [4.69, 9.17) is 4.74 Å². The summed E-state index contributed by atoms with van der Waals surface area (Å²) in [5.41, 5.74) is 0.164. The van der Waals surface area contributed by atoms with Crippen LogP contribution in [0, 0.1) is 23.2 Å².